The first kappa shape index (κ1) is 16.4. The molecule has 3 nitrogen and oxygen atoms in total. The topological polar surface area (TPSA) is 36.4 Å². The summed E-state index contributed by atoms with van der Waals surface area (Å²) in [5, 5.41) is 10.6. The van der Waals surface area contributed by atoms with Gasteiger partial charge in [0.15, 0.2) is 5.13 Å². The van der Waals surface area contributed by atoms with E-state index >= 15 is 0 Å². The van der Waals surface area contributed by atoms with Gasteiger partial charge < -0.3 is 10.0 Å². The fourth-order valence-corrected chi connectivity index (χ4v) is 3.20. The summed E-state index contributed by atoms with van der Waals surface area (Å²) in [6.45, 7) is 10.0. The van der Waals surface area contributed by atoms with Gasteiger partial charge in [0.2, 0.25) is 0 Å². The summed E-state index contributed by atoms with van der Waals surface area (Å²) in [4.78, 5) is 8.23. The lowest BCUT2D eigenvalue weighted by Crippen LogP contribution is -2.33. The maximum atomic E-state index is 9.46. The zero-order valence-electron chi connectivity index (χ0n) is 12.8. The molecule has 1 aromatic rings. The zero-order valence-corrected chi connectivity index (χ0v) is 13.6. The summed E-state index contributed by atoms with van der Waals surface area (Å²) < 4.78 is 0. The summed E-state index contributed by atoms with van der Waals surface area (Å²) in [5.41, 5.74) is 1.09. The molecule has 1 aromatic heterocycles. The molecular formula is C15H28N2OS. The van der Waals surface area contributed by atoms with E-state index in [0.717, 1.165) is 41.5 Å². The Balaban J connectivity index is 2.94. The Morgan fingerprint density at radius 3 is 2.53 bits per heavy atom. The van der Waals surface area contributed by atoms with E-state index in [-0.39, 0.29) is 6.61 Å². The normalized spacial score (nSPS) is 12.7. The second kappa shape index (κ2) is 8.54. The second-order valence-corrected chi connectivity index (χ2v) is 6.14. The summed E-state index contributed by atoms with van der Waals surface area (Å²) in [6.07, 6.45) is 5.57. The summed E-state index contributed by atoms with van der Waals surface area (Å²) in [7, 11) is 0. The van der Waals surface area contributed by atoms with Crippen molar-refractivity contribution in [2.24, 2.45) is 0 Å². The number of rotatable bonds is 9. The average molecular weight is 284 g/mol. The Morgan fingerprint density at radius 2 is 2.00 bits per heavy atom. The van der Waals surface area contributed by atoms with Crippen LogP contribution in [0.4, 0.5) is 5.13 Å². The molecule has 0 aromatic carbocycles. The molecule has 0 radical (unpaired) electrons. The maximum absolute atomic E-state index is 9.46. The highest BCUT2D eigenvalue weighted by Crippen LogP contribution is 2.29. The van der Waals surface area contributed by atoms with E-state index in [1.807, 2.05) is 0 Å². The number of aryl methyl sites for hydroxylation is 1. The Kier molecular flexibility index (Phi) is 7.39. The molecule has 1 atom stereocenters. The average Bonchev–Trinajstić information content (AvgIpc) is 2.82. The number of anilines is 1. The highest BCUT2D eigenvalue weighted by atomic mass is 32.1. The van der Waals surface area contributed by atoms with Crippen LogP contribution in [0.3, 0.4) is 0 Å². The number of hydrogen-bond acceptors (Lipinski definition) is 4. The van der Waals surface area contributed by atoms with Crippen LogP contribution in [-0.4, -0.2) is 22.7 Å². The summed E-state index contributed by atoms with van der Waals surface area (Å²) in [6, 6.07) is 0.513. The van der Waals surface area contributed by atoms with Gasteiger partial charge in [-0.25, -0.2) is 4.98 Å². The zero-order chi connectivity index (χ0) is 14.3. The van der Waals surface area contributed by atoms with Crippen molar-refractivity contribution >= 4 is 16.5 Å². The predicted molar refractivity (Wildman–Crippen MR) is 84.0 cm³/mol. The van der Waals surface area contributed by atoms with Gasteiger partial charge in [0.1, 0.15) is 0 Å². The van der Waals surface area contributed by atoms with Crippen LogP contribution in [0.25, 0.3) is 0 Å². The van der Waals surface area contributed by atoms with Crippen molar-refractivity contribution in [1.29, 1.82) is 0 Å². The van der Waals surface area contributed by atoms with Crippen molar-refractivity contribution < 1.29 is 5.11 Å². The van der Waals surface area contributed by atoms with Crippen molar-refractivity contribution in [1.82, 2.24) is 4.98 Å². The number of nitrogens with zero attached hydrogens (tertiary/aromatic N) is 2. The molecular weight excluding hydrogens is 256 g/mol. The molecule has 1 N–H and O–H groups in total. The van der Waals surface area contributed by atoms with Crippen molar-refractivity contribution in [3.63, 3.8) is 0 Å². The van der Waals surface area contributed by atoms with Gasteiger partial charge in [-0.3, -0.25) is 0 Å². The largest absolute Gasteiger partial charge is 0.391 e. The molecule has 1 heterocycles. The third-order valence-electron chi connectivity index (χ3n) is 3.52. The van der Waals surface area contributed by atoms with Gasteiger partial charge in [-0.2, -0.15) is 0 Å². The number of unbranched alkanes of at least 4 members (excludes halogenated alkanes) is 1. The number of aliphatic hydroxyl groups excluding tert-OH is 1. The Hall–Kier alpha value is -0.610. The Morgan fingerprint density at radius 1 is 1.26 bits per heavy atom. The molecule has 0 aliphatic heterocycles. The van der Waals surface area contributed by atoms with Gasteiger partial charge in [0, 0.05) is 12.6 Å². The molecule has 0 bridgehead atoms. The Bertz CT molecular complexity index is 365. The van der Waals surface area contributed by atoms with Crippen LogP contribution in [0.5, 0.6) is 0 Å². The van der Waals surface area contributed by atoms with Gasteiger partial charge in [-0.15, -0.1) is 0 Å². The lowest BCUT2D eigenvalue weighted by Gasteiger charge is -2.28. The van der Waals surface area contributed by atoms with Crippen molar-refractivity contribution in [3.8, 4) is 0 Å². The molecule has 0 aliphatic carbocycles. The second-order valence-electron chi connectivity index (χ2n) is 5.08. The van der Waals surface area contributed by atoms with Gasteiger partial charge >= 0.3 is 0 Å². The van der Waals surface area contributed by atoms with E-state index < -0.39 is 0 Å². The number of thiazole rings is 1. The first-order chi connectivity index (χ1) is 9.17. The van der Waals surface area contributed by atoms with Crippen LogP contribution in [0.2, 0.25) is 0 Å². The molecule has 110 valence electrons. The molecule has 1 rings (SSSR count). The van der Waals surface area contributed by atoms with E-state index in [4.69, 9.17) is 4.98 Å². The Labute approximate surface area is 121 Å². The molecule has 0 saturated heterocycles. The highest BCUT2D eigenvalue weighted by Gasteiger charge is 2.18. The lowest BCUT2D eigenvalue weighted by molar-refractivity contribution is 0.284. The molecule has 4 heteroatoms. The third kappa shape index (κ3) is 4.46. The molecule has 19 heavy (non-hydrogen) atoms. The van der Waals surface area contributed by atoms with Crippen molar-refractivity contribution in [2.45, 2.75) is 72.4 Å². The SMILES string of the molecule is CCCCN(c1nc(CCC)c(CO)s1)C(C)CC. The number of aromatic nitrogens is 1. The lowest BCUT2D eigenvalue weighted by atomic mass is 10.2. The maximum Gasteiger partial charge on any atom is 0.186 e. The quantitative estimate of drug-likeness (QED) is 0.745. The van der Waals surface area contributed by atoms with Gasteiger partial charge in [-0.05, 0) is 26.2 Å². The minimum absolute atomic E-state index is 0.120. The molecule has 1 unspecified atom stereocenters. The van der Waals surface area contributed by atoms with Crippen LogP contribution >= 0.6 is 11.3 Å². The summed E-state index contributed by atoms with van der Waals surface area (Å²) >= 11 is 1.67. The van der Waals surface area contributed by atoms with E-state index in [9.17, 15) is 5.11 Å². The molecule has 0 fully saturated rings. The van der Waals surface area contributed by atoms with E-state index in [1.54, 1.807) is 11.3 Å². The molecule has 0 spiro atoms. The first-order valence-corrected chi connectivity index (χ1v) is 8.35. The fourth-order valence-electron chi connectivity index (χ4n) is 2.10. The monoisotopic (exact) mass is 284 g/mol. The van der Waals surface area contributed by atoms with Crippen molar-refractivity contribution in [3.05, 3.63) is 10.6 Å². The predicted octanol–water partition coefficient (Wildman–Crippen LogP) is 3.99. The van der Waals surface area contributed by atoms with Crippen LogP contribution in [0.15, 0.2) is 0 Å². The van der Waals surface area contributed by atoms with Gasteiger partial charge in [-0.1, -0.05) is 44.9 Å². The van der Waals surface area contributed by atoms with E-state index in [1.165, 1.54) is 12.8 Å². The fraction of sp³-hybridized carbons (Fsp3) is 0.800. The van der Waals surface area contributed by atoms with Gasteiger partial charge in [0.25, 0.3) is 0 Å². The molecule has 0 saturated carbocycles. The minimum Gasteiger partial charge on any atom is -0.391 e. The van der Waals surface area contributed by atoms with E-state index in [0.29, 0.717) is 6.04 Å². The third-order valence-corrected chi connectivity index (χ3v) is 4.64. The summed E-state index contributed by atoms with van der Waals surface area (Å²) in [5.74, 6) is 0. The first-order valence-electron chi connectivity index (χ1n) is 7.53. The number of aliphatic hydroxyl groups is 1. The molecule has 0 aliphatic rings. The van der Waals surface area contributed by atoms with Crippen LogP contribution < -0.4 is 4.90 Å². The smallest absolute Gasteiger partial charge is 0.186 e. The van der Waals surface area contributed by atoms with Gasteiger partial charge in [0.05, 0.1) is 17.2 Å². The van der Waals surface area contributed by atoms with Crippen molar-refractivity contribution in [2.75, 3.05) is 11.4 Å². The van der Waals surface area contributed by atoms with E-state index in [2.05, 4.69) is 32.6 Å². The minimum atomic E-state index is 0.120. The van der Waals surface area contributed by atoms with Crippen LogP contribution in [-0.2, 0) is 13.0 Å². The van der Waals surface area contributed by atoms with Crippen LogP contribution in [0, 0.1) is 0 Å². The van der Waals surface area contributed by atoms with Crippen LogP contribution in [0.1, 0.15) is 63.9 Å². The number of hydrogen-bond donors (Lipinski definition) is 1. The molecule has 0 amide bonds. The standard InChI is InChI=1S/C15H28N2OS/c1-5-8-10-17(12(4)7-3)15-16-13(9-6-2)14(11-18)19-15/h12,18H,5-11H2,1-4H3. The highest BCUT2D eigenvalue weighted by molar-refractivity contribution is 7.15.